The minimum atomic E-state index is -0.395. The highest BCUT2D eigenvalue weighted by Gasteiger charge is 2.30. The summed E-state index contributed by atoms with van der Waals surface area (Å²) >= 11 is 0. The molecule has 0 aliphatic carbocycles. The second-order valence-corrected chi connectivity index (χ2v) is 5.16. The van der Waals surface area contributed by atoms with E-state index in [1.165, 1.54) is 7.11 Å². The number of hydrogen-bond acceptors (Lipinski definition) is 4. The summed E-state index contributed by atoms with van der Waals surface area (Å²) in [5.41, 5.74) is 1.04. The molecular weight excluding hydrogens is 270 g/mol. The van der Waals surface area contributed by atoms with E-state index in [1.54, 1.807) is 4.90 Å². The highest BCUT2D eigenvalue weighted by Crippen LogP contribution is 2.27. The molecule has 1 aliphatic heterocycles. The van der Waals surface area contributed by atoms with Crippen LogP contribution in [0.2, 0.25) is 0 Å². The normalized spacial score (nSPS) is 16.6. The van der Waals surface area contributed by atoms with E-state index in [0.29, 0.717) is 19.6 Å². The number of nitrogens with zero attached hydrogens (tertiary/aromatic N) is 1. The van der Waals surface area contributed by atoms with E-state index in [-0.39, 0.29) is 18.4 Å². The molecule has 1 aromatic carbocycles. The first-order valence-corrected chi connectivity index (χ1v) is 7.22. The molecule has 0 bridgehead atoms. The number of carbonyl (C=O) groups excluding carboxylic acids is 2. The van der Waals surface area contributed by atoms with Gasteiger partial charge < -0.3 is 14.4 Å². The van der Waals surface area contributed by atoms with Gasteiger partial charge in [-0.15, -0.1) is 0 Å². The van der Waals surface area contributed by atoms with Crippen LogP contribution in [0.3, 0.4) is 0 Å². The Bertz CT molecular complexity index is 515. The first-order valence-electron chi connectivity index (χ1n) is 7.22. The Morgan fingerprint density at radius 3 is 2.86 bits per heavy atom. The van der Waals surface area contributed by atoms with Crippen LogP contribution in [0, 0.1) is 5.92 Å². The van der Waals surface area contributed by atoms with Crippen LogP contribution in [0.25, 0.3) is 0 Å². The maximum atomic E-state index is 12.6. The Morgan fingerprint density at radius 1 is 1.38 bits per heavy atom. The molecule has 0 spiro atoms. The van der Waals surface area contributed by atoms with Gasteiger partial charge in [0.15, 0.2) is 0 Å². The molecule has 0 fully saturated rings. The number of benzene rings is 1. The van der Waals surface area contributed by atoms with Crippen LogP contribution in [-0.4, -0.2) is 43.6 Å². The van der Waals surface area contributed by atoms with E-state index in [1.807, 2.05) is 31.2 Å². The molecule has 1 aromatic rings. The molecule has 2 rings (SSSR count). The summed E-state index contributed by atoms with van der Waals surface area (Å²) in [5.74, 6) is 0.165. The van der Waals surface area contributed by atoms with Crippen molar-refractivity contribution in [3.05, 3.63) is 29.8 Å². The van der Waals surface area contributed by atoms with Gasteiger partial charge in [0, 0.05) is 6.54 Å². The van der Waals surface area contributed by atoms with Gasteiger partial charge in [0.25, 0.3) is 0 Å². The molecule has 5 heteroatoms. The number of rotatable bonds is 5. The first-order chi connectivity index (χ1) is 10.2. The molecule has 0 aromatic heterocycles. The van der Waals surface area contributed by atoms with Gasteiger partial charge in [-0.2, -0.15) is 0 Å². The molecule has 1 heterocycles. The fourth-order valence-electron chi connectivity index (χ4n) is 2.50. The van der Waals surface area contributed by atoms with Gasteiger partial charge in [-0.05, 0) is 24.5 Å². The number of ether oxygens (including phenoxy) is 2. The van der Waals surface area contributed by atoms with Crippen LogP contribution in [-0.2, 0) is 20.7 Å². The van der Waals surface area contributed by atoms with Crippen molar-refractivity contribution in [1.29, 1.82) is 0 Å². The summed E-state index contributed by atoms with van der Waals surface area (Å²) < 4.78 is 10.3. The molecule has 21 heavy (non-hydrogen) atoms. The average Bonchev–Trinajstić information content (AvgIpc) is 2.53. The largest absolute Gasteiger partial charge is 0.492 e. The second kappa shape index (κ2) is 7.11. The van der Waals surface area contributed by atoms with Crippen molar-refractivity contribution in [2.45, 2.75) is 19.8 Å². The summed E-state index contributed by atoms with van der Waals surface area (Å²) in [6.07, 6.45) is 1.45. The maximum absolute atomic E-state index is 12.6. The molecular formula is C16H21NO4. The SMILES string of the molecule is CCCN(CC(=O)OC)C(=O)C1COc2ccccc2C1. The summed E-state index contributed by atoms with van der Waals surface area (Å²) in [6.45, 7) is 2.88. The zero-order valence-electron chi connectivity index (χ0n) is 12.5. The average molecular weight is 291 g/mol. The minimum absolute atomic E-state index is 0.00131. The standard InChI is InChI=1S/C16H21NO4/c1-3-8-17(10-15(18)20-2)16(19)13-9-12-6-4-5-7-14(12)21-11-13/h4-7,13H,3,8-11H2,1-2H3. The number of methoxy groups -OCH3 is 1. The van der Waals surface area contributed by atoms with E-state index in [9.17, 15) is 9.59 Å². The Labute approximate surface area is 124 Å². The Hall–Kier alpha value is -2.04. The van der Waals surface area contributed by atoms with Gasteiger partial charge in [0.1, 0.15) is 18.9 Å². The molecule has 1 aliphatic rings. The zero-order valence-corrected chi connectivity index (χ0v) is 12.5. The highest BCUT2D eigenvalue weighted by molar-refractivity contribution is 5.84. The number of carbonyl (C=O) groups is 2. The Balaban J connectivity index is 2.06. The lowest BCUT2D eigenvalue weighted by Crippen LogP contribution is -2.43. The van der Waals surface area contributed by atoms with Gasteiger partial charge >= 0.3 is 5.97 Å². The van der Waals surface area contributed by atoms with Gasteiger partial charge in [0.05, 0.1) is 13.0 Å². The molecule has 1 unspecified atom stereocenters. The van der Waals surface area contributed by atoms with Gasteiger partial charge in [0.2, 0.25) is 5.91 Å². The number of para-hydroxylation sites is 1. The minimum Gasteiger partial charge on any atom is -0.492 e. The van der Waals surface area contributed by atoms with Crippen molar-refractivity contribution in [3.8, 4) is 5.75 Å². The summed E-state index contributed by atoms with van der Waals surface area (Å²) in [7, 11) is 1.33. The summed E-state index contributed by atoms with van der Waals surface area (Å²) in [5, 5.41) is 0. The maximum Gasteiger partial charge on any atom is 0.325 e. The lowest BCUT2D eigenvalue weighted by molar-refractivity contribution is -0.149. The molecule has 5 nitrogen and oxygen atoms in total. The van der Waals surface area contributed by atoms with E-state index in [0.717, 1.165) is 17.7 Å². The molecule has 0 saturated carbocycles. The summed E-state index contributed by atoms with van der Waals surface area (Å²) in [6, 6.07) is 7.74. The predicted octanol–water partition coefficient (Wildman–Crippen LogP) is 1.65. The summed E-state index contributed by atoms with van der Waals surface area (Å²) in [4.78, 5) is 25.6. The van der Waals surface area contributed by atoms with E-state index < -0.39 is 5.97 Å². The van der Waals surface area contributed by atoms with Crippen LogP contribution >= 0.6 is 0 Å². The topological polar surface area (TPSA) is 55.8 Å². The number of fused-ring (bicyclic) bond motifs is 1. The highest BCUT2D eigenvalue weighted by atomic mass is 16.5. The number of hydrogen-bond donors (Lipinski definition) is 0. The van der Waals surface area contributed by atoms with Crippen molar-refractivity contribution in [2.75, 3.05) is 26.8 Å². The molecule has 0 N–H and O–H groups in total. The molecule has 1 amide bonds. The van der Waals surface area contributed by atoms with E-state index in [2.05, 4.69) is 4.74 Å². The molecule has 114 valence electrons. The Morgan fingerprint density at radius 2 is 2.14 bits per heavy atom. The van der Waals surface area contributed by atoms with Crippen LogP contribution < -0.4 is 4.74 Å². The monoisotopic (exact) mass is 291 g/mol. The van der Waals surface area contributed by atoms with E-state index >= 15 is 0 Å². The molecule has 1 atom stereocenters. The predicted molar refractivity (Wildman–Crippen MR) is 78.0 cm³/mol. The quantitative estimate of drug-likeness (QED) is 0.774. The van der Waals surface area contributed by atoms with Gasteiger partial charge in [-0.25, -0.2) is 0 Å². The number of esters is 1. The van der Waals surface area contributed by atoms with Crippen LogP contribution in [0.1, 0.15) is 18.9 Å². The second-order valence-electron chi connectivity index (χ2n) is 5.16. The van der Waals surface area contributed by atoms with Crippen LogP contribution in [0.4, 0.5) is 0 Å². The van der Waals surface area contributed by atoms with Crippen LogP contribution in [0.15, 0.2) is 24.3 Å². The number of amides is 1. The third kappa shape index (κ3) is 3.74. The van der Waals surface area contributed by atoms with Crippen molar-refractivity contribution in [2.24, 2.45) is 5.92 Å². The fraction of sp³-hybridized carbons (Fsp3) is 0.500. The lowest BCUT2D eigenvalue weighted by atomic mass is 9.95. The Kier molecular flexibility index (Phi) is 5.20. The fourth-order valence-corrected chi connectivity index (χ4v) is 2.50. The van der Waals surface area contributed by atoms with E-state index in [4.69, 9.17) is 4.74 Å². The van der Waals surface area contributed by atoms with Crippen LogP contribution in [0.5, 0.6) is 5.75 Å². The lowest BCUT2D eigenvalue weighted by Gasteiger charge is -2.29. The molecule has 0 radical (unpaired) electrons. The molecule has 0 saturated heterocycles. The van der Waals surface area contributed by atoms with Crippen molar-refractivity contribution in [1.82, 2.24) is 4.90 Å². The van der Waals surface area contributed by atoms with Crippen molar-refractivity contribution >= 4 is 11.9 Å². The van der Waals surface area contributed by atoms with Gasteiger partial charge in [-0.3, -0.25) is 9.59 Å². The van der Waals surface area contributed by atoms with Crippen molar-refractivity contribution < 1.29 is 19.1 Å². The van der Waals surface area contributed by atoms with Gasteiger partial charge in [-0.1, -0.05) is 25.1 Å². The first kappa shape index (κ1) is 15.4. The van der Waals surface area contributed by atoms with Crippen molar-refractivity contribution in [3.63, 3.8) is 0 Å². The zero-order chi connectivity index (χ0) is 15.2. The smallest absolute Gasteiger partial charge is 0.325 e. The third-order valence-electron chi connectivity index (χ3n) is 3.58. The third-order valence-corrected chi connectivity index (χ3v) is 3.58.